The third-order valence-electron chi connectivity index (χ3n) is 0.246. The molecule has 0 bridgehead atoms. The Morgan fingerprint density at radius 2 is 2.40 bits per heavy atom. The minimum absolute atomic E-state index is 0.735. The first-order valence-electron chi connectivity index (χ1n) is 1.47. The van der Waals surface area contributed by atoms with Crippen molar-refractivity contribution in [1.82, 2.24) is 3.57 Å². The Morgan fingerprint density at radius 3 is 2.40 bits per heavy atom. The van der Waals surface area contributed by atoms with Crippen LogP contribution in [0.25, 0.3) is 0 Å². The van der Waals surface area contributed by atoms with Crippen molar-refractivity contribution < 1.29 is 0 Å². The van der Waals surface area contributed by atoms with Gasteiger partial charge in [0.15, 0.2) is 0 Å². The normalized spacial score (nSPS) is 8.40. The van der Waals surface area contributed by atoms with Gasteiger partial charge >= 0.3 is 45.0 Å². The Morgan fingerprint density at radius 1 is 1.80 bits per heavy atom. The van der Waals surface area contributed by atoms with Crippen molar-refractivity contribution in [3.05, 3.63) is 0 Å². The summed E-state index contributed by atoms with van der Waals surface area (Å²) in [5, 5.41) is 0. The van der Waals surface area contributed by atoms with Crippen molar-refractivity contribution >= 4 is 22.6 Å². The SMILES string of the molecule is NCCN[Te]. The first-order valence-corrected chi connectivity index (χ1v) is 2.63. The predicted molar refractivity (Wildman–Crippen MR) is 22.8 cm³/mol. The van der Waals surface area contributed by atoms with Gasteiger partial charge in [0.2, 0.25) is 0 Å². The molecule has 0 aromatic rings. The van der Waals surface area contributed by atoms with Gasteiger partial charge in [0.1, 0.15) is 0 Å². The van der Waals surface area contributed by atoms with E-state index < -0.39 is 0 Å². The Bertz CT molecular complexity index is 15.1. The molecule has 0 aromatic carbocycles. The Kier molecular flexibility index (Phi) is 5.38. The topological polar surface area (TPSA) is 38.0 Å². The van der Waals surface area contributed by atoms with Crippen molar-refractivity contribution in [2.75, 3.05) is 13.1 Å². The van der Waals surface area contributed by atoms with E-state index in [1.54, 1.807) is 0 Å². The van der Waals surface area contributed by atoms with E-state index in [4.69, 9.17) is 5.73 Å². The summed E-state index contributed by atoms with van der Waals surface area (Å²) >= 11 is 1.82. The fraction of sp³-hybridized carbons (Fsp3) is 1.00. The van der Waals surface area contributed by atoms with E-state index in [9.17, 15) is 0 Å². The van der Waals surface area contributed by atoms with Gasteiger partial charge < -0.3 is 0 Å². The molecule has 0 saturated heterocycles. The average Bonchev–Trinajstić information content (AvgIpc) is 1.41. The zero-order valence-corrected chi connectivity index (χ0v) is 5.23. The number of hydrogen-bond acceptors (Lipinski definition) is 2. The van der Waals surface area contributed by atoms with Crippen molar-refractivity contribution in [2.24, 2.45) is 5.73 Å². The molecular weight excluding hydrogens is 180 g/mol. The Labute approximate surface area is 45.4 Å². The van der Waals surface area contributed by atoms with Crippen LogP contribution in [0.5, 0.6) is 0 Å². The summed E-state index contributed by atoms with van der Waals surface area (Å²) < 4.78 is 2.90. The van der Waals surface area contributed by atoms with Crippen molar-refractivity contribution in [1.29, 1.82) is 0 Å². The molecule has 0 spiro atoms. The standard InChI is InChI=1S/C2H7N2Te/c3-1-2-4-5/h4H,1-3H2. The van der Waals surface area contributed by atoms with Crippen LogP contribution in [-0.4, -0.2) is 35.7 Å². The number of hydrogen-bond donors (Lipinski definition) is 2. The van der Waals surface area contributed by atoms with Crippen LogP contribution in [0.2, 0.25) is 0 Å². The van der Waals surface area contributed by atoms with Gasteiger partial charge in [-0.05, 0) is 0 Å². The third kappa shape index (κ3) is 4.71. The van der Waals surface area contributed by atoms with E-state index in [1.165, 1.54) is 0 Å². The molecule has 0 heterocycles. The number of nitrogens with two attached hydrogens (primary N) is 1. The molecule has 0 fully saturated rings. The minimum atomic E-state index is 0.735. The molecule has 0 aliphatic rings. The van der Waals surface area contributed by atoms with Gasteiger partial charge in [0.25, 0.3) is 0 Å². The van der Waals surface area contributed by atoms with Crippen LogP contribution < -0.4 is 9.30 Å². The van der Waals surface area contributed by atoms with E-state index in [0.29, 0.717) is 0 Å². The van der Waals surface area contributed by atoms with Crippen LogP contribution >= 0.6 is 0 Å². The first-order chi connectivity index (χ1) is 2.41. The number of nitrogens with one attached hydrogen (secondary N) is 1. The van der Waals surface area contributed by atoms with Crippen LogP contribution in [0.1, 0.15) is 0 Å². The molecule has 31 valence electrons. The molecule has 0 amide bonds. The summed E-state index contributed by atoms with van der Waals surface area (Å²) in [5.74, 6) is 0. The van der Waals surface area contributed by atoms with Gasteiger partial charge in [-0.3, -0.25) is 0 Å². The fourth-order valence-electron chi connectivity index (χ4n) is 0.0589. The van der Waals surface area contributed by atoms with Crippen LogP contribution in [-0.2, 0) is 0 Å². The second-order valence-electron chi connectivity index (χ2n) is 0.683. The Hall–Kier alpha value is 0.710. The molecule has 0 aliphatic heterocycles. The maximum absolute atomic E-state index is 5.08. The Balaban J connectivity index is 2.19. The number of rotatable bonds is 2. The molecule has 0 atom stereocenters. The summed E-state index contributed by atoms with van der Waals surface area (Å²) in [4.78, 5) is 0. The van der Waals surface area contributed by atoms with Crippen LogP contribution in [0.15, 0.2) is 0 Å². The molecule has 3 N–H and O–H groups in total. The van der Waals surface area contributed by atoms with Gasteiger partial charge in [-0.15, -0.1) is 0 Å². The quantitative estimate of drug-likeness (QED) is 0.522. The van der Waals surface area contributed by atoms with Gasteiger partial charge in [-0.25, -0.2) is 0 Å². The van der Waals surface area contributed by atoms with Gasteiger partial charge in [0, 0.05) is 0 Å². The summed E-state index contributed by atoms with van der Waals surface area (Å²) in [6, 6.07) is 0. The third-order valence-corrected chi connectivity index (χ3v) is 0.829. The zero-order chi connectivity index (χ0) is 4.12. The maximum atomic E-state index is 5.08. The molecule has 1 radical (unpaired) electrons. The van der Waals surface area contributed by atoms with E-state index in [1.807, 2.05) is 22.6 Å². The zero-order valence-electron chi connectivity index (χ0n) is 2.90. The second-order valence-corrected chi connectivity index (χ2v) is 1.51. The van der Waals surface area contributed by atoms with E-state index in [0.717, 1.165) is 13.1 Å². The van der Waals surface area contributed by atoms with Crippen LogP contribution in [0.4, 0.5) is 0 Å². The van der Waals surface area contributed by atoms with Crippen molar-refractivity contribution in [3.63, 3.8) is 0 Å². The van der Waals surface area contributed by atoms with Crippen molar-refractivity contribution in [2.45, 2.75) is 0 Å². The summed E-state index contributed by atoms with van der Waals surface area (Å²) in [5.41, 5.74) is 5.08. The average molecular weight is 187 g/mol. The van der Waals surface area contributed by atoms with Crippen LogP contribution in [0.3, 0.4) is 0 Å². The molecule has 0 unspecified atom stereocenters. The molecule has 0 aliphatic carbocycles. The molecular formula is C2H7N2Te. The summed E-state index contributed by atoms with van der Waals surface area (Å²) in [6.45, 7) is 1.66. The fourth-order valence-corrected chi connectivity index (χ4v) is 0.395. The van der Waals surface area contributed by atoms with Gasteiger partial charge in [-0.2, -0.15) is 0 Å². The van der Waals surface area contributed by atoms with Crippen LogP contribution in [0, 0.1) is 0 Å². The molecule has 0 saturated carbocycles. The molecule has 2 nitrogen and oxygen atoms in total. The molecule has 5 heavy (non-hydrogen) atoms. The first kappa shape index (κ1) is 5.71. The summed E-state index contributed by atoms with van der Waals surface area (Å²) in [7, 11) is 0. The monoisotopic (exact) mass is 189 g/mol. The van der Waals surface area contributed by atoms with Gasteiger partial charge in [0.05, 0.1) is 0 Å². The van der Waals surface area contributed by atoms with E-state index in [2.05, 4.69) is 3.57 Å². The van der Waals surface area contributed by atoms with E-state index >= 15 is 0 Å². The van der Waals surface area contributed by atoms with Gasteiger partial charge in [-0.1, -0.05) is 0 Å². The summed E-state index contributed by atoms with van der Waals surface area (Å²) in [6.07, 6.45) is 0. The predicted octanol–water partition coefficient (Wildman–Crippen LogP) is -1.38. The van der Waals surface area contributed by atoms with E-state index in [-0.39, 0.29) is 0 Å². The van der Waals surface area contributed by atoms with Crippen molar-refractivity contribution in [3.8, 4) is 0 Å². The second kappa shape index (κ2) is 4.71. The molecule has 3 heteroatoms. The molecule has 0 rings (SSSR count). The molecule has 0 aromatic heterocycles.